The number of rotatable bonds is 1. The van der Waals surface area contributed by atoms with Crippen molar-refractivity contribution in [2.45, 2.75) is 33.6 Å². The molecule has 1 saturated carbocycles. The zero-order valence-corrected chi connectivity index (χ0v) is 12.1. The molecule has 0 bridgehead atoms. The molecule has 4 heteroatoms. The Balaban J connectivity index is 2.84. The van der Waals surface area contributed by atoms with Gasteiger partial charge in [0.15, 0.2) is 0 Å². The normalized spacial score (nSPS) is 17.4. The van der Waals surface area contributed by atoms with Gasteiger partial charge in [0.1, 0.15) is 0 Å². The monoisotopic (exact) mass is 241 g/mol. The van der Waals surface area contributed by atoms with Crippen molar-refractivity contribution >= 4 is 12.0 Å². The molecule has 1 rings (SSSR count). The number of nitrogens with zero attached hydrogens (tertiary/aromatic N) is 2. The van der Waals surface area contributed by atoms with Gasteiger partial charge in [0.25, 0.3) is 0 Å². The predicted molar refractivity (Wildman–Crippen MR) is 68.0 cm³/mol. The Bertz CT molecular complexity index is 343. The van der Waals surface area contributed by atoms with Crippen molar-refractivity contribution in [2.24, 2.45) is 10.8 Å². The van der Waals surface area contributed by atoms with Crippen LogP contribution in [0.4, 0.5) is 0 Å². The summed E-state index contributed by atoms with van der Waals surface area (Å²) < 4.78 is 7.37. The molecule has 0 atom stereocenters. The highest BCUT2D eigenvalue weighted by atomic mass is 16.6. The number of hydrogen-bond acceptors (Lipinski definition) is 2. The first-order valence-electron chi connectivity index (χ1n) is 6.06. The van der Waals surface area contributed by atoms with E-state index in [0.717, 1.165) is 12.8 Å². The van der Waals surface area contributed by atoms with Gasteiger partial charge in [-0.25, -0.2) is 9.48 Å². The summed E-state index contributed by atoms with van der Waals surface area (Å²) in [7, 11) is 7.50. The number of carbonyl (C=O) groups excluding carboxylic acids is 1. The van der Waals surface area contributed by atoms with Crippen molar-refractivity contribution < 1.29 is 14.1 Å². The van der Waals surface area contributed by atoms with Crippen LogP contribution in [0.25, 0.3) is 0 Å². The quantitative estimate of drug-likeness (QED) is 0.302. The summed E-state index contributed by atoms with van der Waals surface area (Å²) in [5.41, 5.74) is -0.321. The third-order valence-electron chi connectivity index (χ3n) is 3.53. The number of esters is 1. The summed E-state index contributed by atoms with van der Waals surface area (Å²) in [4.78, 5) is 14.1. The third kappa shape index (κ3) is 2.61. The number of hydrogen-bond donors (Lipinski definition) is 0. The second-order valence-electron chi connectivity index (χ2n) is 6.29. The molecule has 0 N–H and O–H groups in total. The van der Waals surface area contributed by atoms with E-state index in [2.05, 4.69) is 20.8 Å². The summed E-state index contributed by atoms with van der Waals surface area (Å²) in [5, 5.41) is 0. The van der Waals surface area contributed by atoms with Gasteiger partial charge >= 0.3 is 12.0 Å². The lowest BCUT2D eigenvalue weighted by Gasteiger charge is -2.28. The van der Waals surface area contributed by atoms with E-state index in [9.17, 15) is 4.79 Å². The molecule has 1 fully saturated rings. The lowest BCUT2D eigenvalue weighted by atomic mass is 9.77. The molecule has 4 nitrogen and oxygen atoms in total. The van der Waals surface area contributed by atoms with Crippen LogP contribution in [0.3, 0.4) is 0 Å². The van der Waals surface area contributed by atoms with E-state index >= 15 is 0 Å². The molecule has 0 radical (unpaired) electrons. The molecule has 0 aliphatic heterocycles. The first kappa shape index (κ1) is 14.0. The van der Waals surface area contributed by atoms with Crippen LogP contribution in [0.2, 0.25) is 0 Å². The van der Waals surface area contributed by atoms with E-state index in [-0.39, 0.29) is 16.8 Å². The maximum atomic E-state index is 12.3. The summed E-state index contributed by atoms with van der Waals surface area (Å²) >= 11 is 0. The van der Waals surface area contributed by atoms with Crippen molar-refractivity contribution in [1.29, 1.82) is 0 Å². The molecule has 0 aromatic heterocycles. The van der Waals surface area contributed by atoms with E-state index in [0.29, 0.717) is 6.02 Å². The average Bonchev–Trinajstić information content (AvgIpc) is 2.91. The molecular formula is C13H25N2O2+. The fourth-order valence-corrected chi connectivity index (χ4v) is 2.15. The van der Waals surface area contributed by atoms with E-state index in [1.807, 2.05) is 37.7 Å². The zero-order chi connectivity index (χ0) is 13.4. The SMILES string of the molecule is CN(C)C(OC(=O)C1(C(C)(C)C)CC1)=[N+](C)C. The Morgan fingerprint density at radius 1 is 1.24 bits per heavy atom. The third-order valence-corrected chi connectivity index (χ3v) is 3.53. The van der Waals surface area contributed by atoms with E-state index in [1.165, 1.54) is 0 Å². The van der Waals surface area contributed by atoms with Crippen LogP contribution in [0.5, 0.6) is 0 Å². The molecule has 1 aliphatic rings. The fourth-order valence-electron chi connectivity index (χ4n) is 2.15. The minimum Gasteiger partial charge on any atom is -0.357 e. The van der Waals surface area contributed by atoms with E-state index in [1.54, 1.807) is 0 Å². The molecule has 17 heavy (non-hydrogen) atoms. The van der Waals surface area contributed by atoms with Gasteiger partial charge < -0.3 is 4.74 Å². The lowest BCUT2D eigenvalue weighted by molar-refractivity contribution is -0.479. The molecular weight excluding hydrogens is 216 g/mol. The smallest absolute Gasteiger partial charge is 0.357 e. The average molecular weight is 241 g/mol. The number of amidine groups is 1. The lowest BCUT2D eigenvalue weighted by Crippen LogP contribution is -2.39. The van der Waals surface area contributed by atoms with Crippen LogP contribution >= 0.6 is 0 Å². The second kappa shape index (κ2) is 4.31. The Hall–Kier alpha value is -1.06. The van der Waals surface area contributed by atoms with Crippen LogP contribution < -0.4 is 0 Å². The Labute approximate surface area is 104 Å². The molecule has 0 spiro atoms. The van der Waals surface area contributed by atoms with Crippen molar-refractivity contribution in [1.82, 2.24) is 4.90 Å². The van der Waals surface area contributed by atoms with Crippen LogP contribution in [0, 0.1) is 10.8 Å². The highest BCUT2D eigenvalue weighted by molar-refractivity contribution is 5.90. The van der Waals surface area contributed by atoms with Crippen molar-refractivity contribution in [2.75, 3.05) is 28.2 Å². The van der Waals surface area contributed by atoms with Crippen LogP contribution in [-0.4, -0.2) is 49.7 Å². The second-order valence-corrected chi connectivity index (χ2v) is 6.29. The summed E-state index contributed by atoms with van der Waals surface area (Å²) in [6, 6.07) is 0.588. The number of ether oxygens (including phenoxy) is 1. The van der Waals surface area contributed by atoms with Gasteiger partial charge in [0.05, 0.1) is 33.6 Å². The topological polar surface area (TPSA) is 32.5 Å². The summed E-state index contributed by atoms with van der Waals surface area (Å²) in [6.07, 6.45) is 1.87. The molecule has 0 amide bonds. The molecule has 0 heterocycles. The minimum absolute atomic E-state index is 0.0339. The standard InChI is InChI=1S/C13H25N2O2/c1-12(2,3)13(8-9-13)10(16)17-11(14(4)5)15(6)7/h8-9H2,1-7H3/q+1. The minimum atomic E-state index is -0.287. The van der Waals surface area contributed by atoms with Crippen molar-refractivity contribution in [3.8, 4) is 0 Å². The largest absolute Gasteiger partial charge is 0.453 e. The van der Waals surface area contributed by atoms with Crippen LogP contribution in [0.15, 0.2) is 0 Å². The van der Waals surface area contributed by atoms with Gasteiger partial charge in [-0.15, -0.1) is 0 Å². The van der Waals surface area contributed by atoms with Gasteiger partial charge in [-0.3, -0.25) is 4.79 Å². The van der Waals surface area contributed by atoms with Crippen LogP contribution in [0.1, 0.15) is 33.6 Å². The zero-order valence-electron chi connectivity index (χ0n) is 12.1. The highest BCUT2D eigenvalue weighted by Gasteiger charge is 2.60. The van der Waals surface area contributed by atoms with E-state index < -0.39 is 0 Å². The predicted octanol–water partition coefficient (Wildman–Crippen LogP) is 1.55. The molecule has 0 unspecified atom stereocenters. The van der Waals surface area contributed by atoms with Gasteiger partial charge in [0, 0.05) is 0 Å². The molecule has 98 valence electrons. The van der Waals surface area contributed by atoms with Gasteiger partial charge in [-0.1, -0.05) is 20.8 Å². The van der Waals surface area contributed by atoms with Gasteiger partial charge in [-0.05, 0) is 18.3 Å². The molecule has 0 aromatic rings. The maximum absolute atomic E-state index is 12.3. The van der Waals surface area contributed by atoms with Crippen LogP contribution in [-0.2, 0) is 9.53 Å². The van der Waals surface area contributed by atoms with Gasteiger partial charge in [0.2, 0.25) is 0 Å². The Morgan fingerprint density at radius 3 is 1.94 bits per heavy atom. The van der Waals surface area contributed by atoms with E-state index in [4.69, 9.17) is 4.74 Å². The molecule has 0 aromatic carbocycles. The molecule has 1 aliphatic carbocycles. The fraction of sp³-hybridized carbons (Fsp3) is 0.846. The number of carbonyl (C=O) groups is 1. The first-order chi connectivity index (χ1) is 7.62. The first-order valence-corrected chi connectivity index (χ1v) is 6.06. The maximum Gasteiger partial charge on any atom is 0.453 e. The molecule has 0 saturated heterocycles. The summed E-state index contributed by atoms with van der Waals surface area (Å²) in [5.74, 6) is -0.0950. The Kier molecular flexibility index (Phi) is 3.55. The van der Waals surface area contributed by atoms with Gasteiger partial charge in [-0.2, -0.15) is 0 Å². The Morgan fingerprint density at radius 2 is 1.71 bits per heavy atom. The summed E-state index contributed by atoms with van der Waals surface area (Å²) in [6.45, 7) is 6.31. The van der Waals surface area contributed by atoms with Crippen molar-refractivity contribution in [3.63, 3.8) is 0 Å². The highest BCUT2D eigenvalue weighted by Crippen LogP contribution is 2.59. The van der Waals surface area contributed by atoms with Crippen molar-refractivity contribution in [3.05, 3.63) is 0 Å².